The van der Waals surface area contributed by atoms with Crippen molar-refractivity contribution in [2.45, 2.75) is 29.2 Å². The molecular formula is C20H24ClN3O6S2. The van der Waals surface area contributed by atoms with Crippen molar-refractivity contribution in [1.82, 2.24) is 9.62 Å². The van der Waals surface area contributed by atoms with Gasteiger partial charge in [-0.15, -0.1) is 0 Å². The maximum absolute atomic E-state index is 13.0. The van der Waals surface area contributed by atoms with E-state index in [9.17, 15) is 21.6 Å². The number of carbonyl (C=O) groups excluding carboxylic acids is 1. The number of piperidine rings is 1. The van der Waals surface area contributed by atoms with Gasteiger partial charge in [-0.3, -0.25) is 4.79 Å². The summed E-state index contributed by atoms with van der Waals surface area (Å²) in [7, 11) is -6.16. The van der Waals surface area contributed by atoms with E-state index in [4.69, 9.17) is 21.5 Å². The zero-order valence-electron chi connectivity index (χ0n) is 17.3. The standard InChI is InChI=1S/C20H24ClN3O6S2/c1-30-19-9-8-17(11-18(19)21)32(28,29)24-10-2-3-15(13-24)20(25)23-12-14-4-6-16(7-5-14)31(22,26)27/h4-9,11,15H,2-3,10,12-13H2,1H3,(H,23,25)(H2,22,26,27)/t15-/m0/s1. The van der Waals surface area contributed by atoms with Gasteiger partial charge in [-0.1, -0.05) is 23.7 Å². The number of carbonyl (C=O) groups is 1. The molecule has 1 aliphatic heterocycles. The number of nitrogens with one attached hydrogen (secondary N) is 1. The summed E-state index contributed by atoms with van der Waals surface area (Å²) in [6.07, 6.45) is 1.11. The van der Waals surface area contributed by atoms with Crippen LogP contribution in [0.5, 0.6) is 5.75 Å². The van der Waals surface area contributed by atoms with Gasteiger partial charge < -0.3 is 10.1 Å². The smallest absolute Gasteiger partial charge is 0.243 e. The lowest BCUT2D eigenvalue weighted by atomic mass is 9.99. The first-order valence-electron chi connectivity index (χ1n) is 9.75. The first-order valence-corrected chi connectivity index (χ1v) is 13.1. The van der Waals surface area contributed by atoms with E-state index in [1.807, 2.05) is 0 Å². The van der Waals surface area contributed by atoms with Crippen LogP contribution in [0.3, 0.4) is 0 Å². The Bertz CT molecular complexity index is 1200. The molecule has 1 amide bonds. The van der Waals surface area contributed by atoms with Crippen molar-refractivity contribution in [3.05, 3.63) is 53.1 Å². The highest BCUT2D eigenvalue weighted by Crippen LogP contribution is 2.30. The highest BCUT2D eigenvalue weighted by atomic mass is 35.5. The maximum Gasteiger partial charge on any atom is 0.243 e. The molecule has 0 spiro atoms. The topological polar surface area (TPSA) is 136 Å². The summed E-state index contributed by atoms with van der Waals surface area (Å²) in [6, 6.07) is 10.1. The third-order valence-corrected chi connectivity index (χ3v) is 8.32. The van der Waals surface area contributed by atoms with Gasteiger partial charge in [-0.05, 0) is 48.7 Å². The number of primary sulfonamides is 1. The quantitative estimate of drug-likeness (QED) is 0.592. The van der Waals surface area contributed by atoms with Gasteiger partial charge in [0.2, 0.25) is 26.0 Å². The van der Waals surface area contributed by atoms with Crippen LogP contribution in [0, 0.1) is 5.92 Å². The predicted molar refractivity (Wildman–Crippen MR) is 119 cm³/mol. The number of nitrogens with two attached hydrogens (primary N) is 1. The summed E-state index contributed by atoms with van der Waals surface area (Å²) in [5.74, 6) is -0.400. The fourth-order valence-electron chi connectivity index (χ4n) is 3.46. The number of hydrogen-bond donors (Lipinski definition) is 2. The molecule has 12 heteroatoms. The summed E-state index contributed by atoms with van der Waals surface area (Å²) in [5, 5.41) is 8.05. The van der Waals surface area contributed by atoms with E-state index in [0.29, 0.717) is 30.7 Å². The van der Waals surface area contributed by atoms with Crippen molar-refractivity contribution < 1.29 is 26.4 Å². The van der Waals surface area contributed by atoms with Gasteiger partial charge in [0.1, 0.15) is 5.75 Å². The number of methoxy groups -OCH3 is 1. The van der Waals surface area contributed by atoms with Gasteiger partial charge in [0.05, 0.1) is 27.8 Å². The van der Waals surface area contributed by atoms with E-state index in [2.05, 4.69) is 5.32 Å². The molecule has 0 bridgehead atoms. The number of amides is 1. The lowest BCUT2D eigenvalue weighted by Crippen LogP contribution is -2.45. The summed E-state index contributed by atoms with van der Waals surface area (Å²) >= 11 is 6.08. The van der Waals surface area contributed by atoms with Crippen molar-refractivity contribution >= 4 is 37.6 Å². The minimum Gasteiger partial charge on any atom is -0.495 e. The third kappa shape index (κ3) is 5.59. The maximum atomic E-state index is 13.0. The number of halogens is 1. The van der Waals surface area contributed by atoms with E-state index in [0.717, 1.165) is 0 Å². The average molecular weight is 502 g/mol. The van der Waals surface area contributed by atoms with Gasteiger partial charge >= 0.3 is 0 Å². The molecule has 1 fully saturated rings. The molecule has 9 nitrogen and oxygen atoms in total. The van der Waals surface area contributed by atoms with Crippen LogP contribution in [0.25, 0.3) is 0 Å². The molecule has 1 heterocycles. The fourth-order valence-corrected chi connectivity index (χ4v) is 5.85. The van der Waals surface area contributed by atoms with Gasteiger partial charge in [0.15, 0.2) is 0 Å². The van der Waals surface area contributed by atoms with Crippen molar-refractivity contribution in [3.8, 4) is 5.75 Å². The second-order valence-electron chi connectivity index (χ2n) is 7.41. The second kappa shape index (κ2) is 9.75. The number of hydrogen-bond acceptors (Lipinski definition) is 6. The molecule has 0 unspecified atom stereocenters. The number of sulfonamides is 2. The molecule has 32 heavy (non-hydrogen) atoms. The molecule has 2 aromatic rings. The van der Waals surface area contributed by atoms with Crippen LogP contribution in [0.15, 0.2) is 52.3 Å². The molecule has 0 saturated carbocycles. The second-order valence-corrected chi connectivity index (χ2v) is 11.3. The Hall–Kier alpha value is -2.18. The lowest BCUT2D eigenvalue weighted by Gasteiger charge is -2.31. The SMILES string of the molecule is COc1ccc(S(=O)(=O)N2CCC[C@H](C(=O)NCc3ccc(S(N)(=O)=O)cc3)C2)cc1Cl. The van der Waals surface area contributed by atoms with Crippen molar-refractivity contribution in [1.29, 1.82) is 0 Å². The van der Waals surface area contributed by atoms with Crippen molar-refractivity contribution in [2.24, 2.45) is 11.1 Å². The van der Waals surface area contributed by atoms with Crippen LogP contribution in [0.1, 0.15) is 18.4 Å². The zero-order chi connectivity index (χ0) is 23.5. The number of nitrogens with zero attached hydrogens (tertiary/aromatic N) is 1. The Balaban J connectivity index is 1.64. The molecule has 1 saturated heterocycles. The van der Waals surface area contributed by atoms with E-state index >= 15 is 0 Å². The minimum absolute atomic E-state index is 0.0145. The molecule has 0 radical (unpaired) electrons. The van der Waals surface area contributed by atoms with Crippen molar-refractivity contribution in [2.75, 3.05) is 20.2 Å². The Labute approximate surface area is 192 Å². The molecule has 2 aromatic carbocycles. The van der Waals surface area contributed by atoms with Crippen LogP contribution in [-0.4, -0.2) is 47.2 Å². The van der Waals surface area contributed by atoms with Crippen LogP contribution in [0.4, 0.5) is 0 Å². The minimum atomic E-state index is -3.82. The lowest BCUT2D eigenvalue weighted by molar-refractivity contribution is -0.126. The Kier molecular flexibility index (Phi) is 7.46. The molecule has 1 aliphatic rings. The van der Waals surface area contributed by atoms with Gasteiger partial charge in [0.25, 0.3) is 0 Å². The molecule has 3 rings (SSSR count). The highest BCUT2D eigenvalue weighted by molar-refractivity contribution is 7.89. The first-order chi connectivity index (χ1) is 15.0. The molecule has 1 atom stereocenters. The van der Waals surface area contributed by atoms with Gasteiger partial charge in [-0.25, -0.2) is 22.0 Å². The Morgan fingerprint density at radius 1 is 1.16 bits per heavy atom. The van der Waals surface area contributed by atoms with Gasteiger partial charge in [0, 0.05) is 19.6 Å². The number of rotatable bonds is 7. The van der Waals surface area contributed by atoms with Gasteiger partial charge in [-0.2, -0.15) is 4.31 Å². The number of ether oxygens (including phenoxy) is 1. The Morgan fingerprint density at radius 3 is 2.41 bits per heavy atom. The largest absolute Gasteiger partial charge is 0.495 e. The molecule has 0 aliphatic carbocycles. The number of benzene rings is 2. The van der Waals surface area contributed by atoms with Crippen LogP contribution in [-0.2, 0) is 31.4 Å². The molecule has 174 valence electrons. The van der Waals surface area contributed by atoms with E-state index < -0.39 is 26.0 Å². The highest BCUT2D eigenvalue weighted by Gasteiger charge is 2.33. The van der Waals surface area contributed by atoms with E-state index in [1.165, 1.54) is 41.7 Å². The first kappa shape index (κ1) is 24.5. The van der Waals surface area contributed by atoms with Crippen LogP contribution >= 0.6 is 11.6 Å². The molecular weight excluding hydrogens is 478 g/mol. The molecule has 3 N–H and O–H groups in total. The fraction of sp³-hybridized carbons (Fsp3) is 0.350. The average Bonchev–Trinajstić information content (AvgIpc) is 2.77. The van der Waals surface area contributed by atoms with Crippen molar-refractivity contribution in [3.63, 3.8) is 0 Å². The monoisotopic (exact) mass is 501 g/mol. The predicted octanol–water partition coefficient (Wildman–Crippen LogP) is 1.71. The van der Waals surface area contributed by atoms with Crippen LogP contribution < -0.4 is 15.2 Å². The molecule has 0 aromatic heterocycles. The van der Waals surface area contributed by atoms with E-state index in [1.54, 1.807) is 12.1 Å². The zero-order valence-corrected chi connectivity index (χ0v) is 19.7. The Morgan fingerprint density at radius 2 is 1.81 bits per heavy atom. The third-order valence-electron chi connectivity index (χ3n) is 5.23. The summed E-state index contributed by atoms with van der Waals surface area (Å²) in [6.45, 7) is 0.550. The summed E-state index contributed by atoms with van der Waals surface area (Å²) in [5.41, 5.74) is 0.693. The van der Waals surface area contributed by atoms with E-state index in [-0.39, 0.29) is 33.8 Å². The summed E-state index contributed by atoms with van der Waals surface area (Å²) < 4.78 is 55.1. The normalized spacial score (nSPS) is 17.7. The van der Waals surface area contributed by atoms with Crippen LogP contribution in [0.2, 0.25) is 5.02 Å². The summed E-state index contributed by atoms with van der Waals surface area (Å²) in [4.78, 5) is 12.7.